The molecule has 4 heteroatoms. The van der Waals surface area contributed by atoms with Gasteiger partial charge in [0.1, 0.15) is 0 Å². The first kappa shape index (κ1) is 34.9. The number of nitrogens with zero attached hydrogens (tertiary/aromatic N) is 4. The van der Waals surface area contributed by atoms with Gasteiger partial charge in [0.15, 0.2) is 5.82 Å². The lowest BCUT2D eigenvalue weighted by molar-refractivity contribution is 0.772. The number of hydrogen-bond acceptors (Lipinski definition) is 4. The summed E-state index contributed by atoms with van der Waals surface area (Å²) in [5.41, 5.74) is 13.5. The van der Waals surface area contributed by atoms with E-state index in [1.165, 1.54) is 71.4 Å². The van der Waals surface area contributed by atoms with Crippen molar-refractivity contribution in [3.05, 3.63) is 241 Å². The van der Waals surface area contributed by atoms with E-state index >= 15 is 0 Å². The molecule has 3 heterocycles. The van der Waals surface area contributed by atoms with Gasteiger partial charge in [-0.05, 0) is 144 Å². The SMILES string of the molecule is c1ccc(-c2ccc3cc(-c4cc5c6c(ccc7cc(-c8nc(-c9cccnc9)cc(-c9cccnc9)n8)cc(c76)C5(c5ccccc5)c5ccccc5)c4)ccc3c2)cc1. The number of aromatic nitrogens is 4. The normalized spacial score (nSPS) is 12.7. The molecule has 0 bridgehead atoms. The third kappa shape index (κ3) is 5.68. The average molecular weight is 777 g/mol. The maximum absolute atomic E-state index is 5.26. The molecule has 0 spiro atoms. The summed E-state index contributed by atoms with van der Waals surface area (Å²) in [6.07, 6.45) is 7.29. The van der Waals surface area contributed by atoms with Crippen LogP contribution in [0.2, 0.25) is 0 Å². The fourth-order valence-corrected chi connectivity index (χ4v) is 9.66. The van der Waals surface area contributed by atoms with E-state index in [4.69, 9.17) is 9.97 Å². The molecule has 3 aromatic heterocycles. The maximum atomic E-state index is 5.26. The number of hydrogen-bond donors (Lipinski definition) is 0. The monoisotopic (exact) mass is 776 g/mol. The number of pyridine rings is 2. The van der Waals surface area contributed by atoms with Crippen LogP contribution in [0.3, 0.4) is 0 Å². The molecule has 0 radical (unpaired) electrons. The zero-order valence-corrected chi connectivity index (χ0v) is 33.1. The third-order valence-corrected chi connectivity index (χ3v) is 12.4. The van der Waals surface area contributed by atoms with Gasteiger partial charge in [0, 0.05) is 41.5 Å². The van der Waals surface area contributed by atoms with Crippen molar-refractivity contribution in [3.8, 4) is 56.2 Å². The third-order valence-electron chi connectivity index (χ3n) is 12.4. The number of benzene rings is 8. The maximum Gasteiger partial charge on any atom is 0.160 e. The predicted molar refractivity (Wildman–Crippen MR) is 249 cm³/mol. The van der Waals surface area contributed by atoms with E-state index in [9.17, 15) is 0 Å². The molecular weight excluding hydrogens is 741 g/mol. The highest BCUT2D eigenvalue weighted by Crippen LogP contribution is 2.57. The minimum Gasteiger partial charge on any atom is -0.264 e. The Kier molecular flexibility index (Phi) is 8.04. The first-order valence-electron chi connectivity index (χ1n) is 20.7. The predicted octanol–water partition coefficient (Wildman–Crippen LogP) is 13.8. The van der Waals surface area contributed by atoms with Gasteiger partial charge in [0.05, 0.1) is 16.8 Å². The second-order valence-electron chi connectivity index (χ2n) is 15.9. The largest absolute Gasteiger partial charge is 0.264 e. The smallest absolute Gasteiger partial charge is 0.160 e. The van der Waals surface area contributed by atoms with Crippen LogP contribution in [-0.4, -0.2) is 19.9 Å². The zero-order chi connectivity index (χ0) is 40.3. The van der Waals surface area contributed by atoms with Gasteiger partial charge in [-0.3, -0.25) is 9.97 Å². The van der Waals surface area contributed by atoms with Crippen LogP contribution in [0.4, 0.5) is 0 Å². The molecule has 4 nitrogen and oxygen atoms in total. The van der Waals surface area contributed by atoms with Crippen molar-refractivity contribution in [1.82, 2.24) is 19.9 Å². The Bertz CT molecular complexity index is 3350. The van der Waals surface area contributed by atoms with Gasteiger partial charge >= 0.3 is 0 Å². The molecule has 0 saturated carbocycles. The quantitative estimate of drug-likeness (QED) is 0.151. The minimum absolute atomic E-state index is 0.636. The Labute approximate surface area is 353 Å². The van der Waals surface area contributed by atoms with Crippen molar-refractivity contribution >= 4 is 32.3 Å². The van der Waals surface area contributed by atoms with E-state index in [-0.39, 0.29) is 0 Å². The fraction of sp³-hybridized carbons (Fsp3) is 0.0175. The number of fused-ring (bicyclic) bond motifs is 1. The van der Waals surface area contributed by atoms with E-state index < -0.39 is 5.41 Å². The average Bonchev–Trinajstić information content (AvgIpc) is 3.65. The molecule has 11 aromatic rings. The Morgan fingerprint density at radius 1 is 0.311 bits per heavy atom. The Morgan fingerprint density at radius 2 is 0.754 bits per heavy atom. The van der Waals surface area contributed by atoms with Crippen LogP contribution in [0.25, 0.3) is 88.5 Å². The molecular formula is C57H36N4. The topological polar surface area (TPSA) is 51.6 Å². The van der Waals surface area contributed by atoms with Crippen LogP contribution in [0.1, 0.15) is 22.3 Å². The first-order valence-corrected chi connectivity index (χ1v) is 20.7. The van der Waals surface area contributed by atoms with Crippen molar-refractivity contribution in [3.63, 3.8) is 0 Å². The molecule has 61 heavy (non-hydrogen) atoms. The molecule has 0 fully saturated rings. The van der Waals surface area contributed by atoms with Gasteiger partial charge in [-0.2, -0.15) is 0 Å². The molecule has 0 atom stereocenters. The Morgan fingerprint density at radius 3 is 1.28 bits per heavy atom. The second kappa shape index (κ2) is 14.0. The van der Waals surface area contributed by atoms with Gasteiger partial charge in [-0.25, -0.2) is 9.97 Å². The Balaban J connectivity index is 1.10. The summed E-state index contributed by atoms with van der Waals surface area (Å²) < 4.78 is 0. The van der Waals surface area contributed by atoms with Crippen LogP contribution in [-0.2, 0) is 5.41 Å². The van der Waals surface area contributed by atoms with Crippen LogP contribution in [0, 0.1) is 0 Å². The summed E-state index contributed by atoms with van der Waals surface area (Å²) in [6.45, 7) is 0. The summed E-state index contributed by atoms with van der Waals surface area (Å²) in [7, 11) is 0. The van der Waals surface area contributed by atoms with E-state index in [1.807, 2.05) is 42.7 Å². The standard InChI is InChI=1S/C57H36N4/c1-4-12-37(13-5-1)38-20-21-40-29-41(23-22-39(40)28-38)46-30-42-24-25-43-31-47(56-60-52(44-14-10-26-58-35-44)34-53(61-56)45-15-11-27-59-36-45)33-51-55(43)54(42)50(32-46)57(51,48-16-6-2-7-17-48)49-18-8-3-9-19-49/h1-36H. The molecule has 0 amide bonds. The number of rotatable bonds is 7. The summed E-state index contributed by atoms with van der Waals surface area (Å²) >= 11 is 0. The zero-order valence-electron chi connectivity index (χ0n) is 33.1. The van der Waals surface area contributed by atoms with Crippen LogP contribution < -0.4 is 0 Å². The summed E-state index contributed by atoms with van der Waals surface area (Å²) in [4.78, 5) is 19.4. The van der Waals surface area contributed by atoms with Gasteiger partial charge in [-0.1, -0.05) is 127 Å². The molecule has 8 aromatic carbocycles. The Hall–Kier alpha value is -8.08. The van der Waals surface area contributed by atoms with Crippen molar-refractivity contribution in [1.29, 1.82) is 0 Å². The van der Waals surface area contributed by atoms with Crippen LogP contribution in [0.15, 0.2) is 219 Å². The van der Waals surface area contributed by atoms with Crippen LogP contribution in [0.5, 0.6) is 0 Å². The highest BCUT2D eigenvalue weighted by atomic mass is 14.9. The first-order chi connectivity index (χ1) is 30.2. The highest BCUT2D eigenvalue weighted by Gasteiger charge is 2.45. The van der Waals surface area contributed by atoms with Gasteiger partial charge in [0.2, 0.25) is 0 Å². The minimum atomic E-state index is -0.636. The molecule has 0 unspecified atom stereocenters. The van der Waals surface area contributed by atoms with Crippen molar-refractivity contribution in [2.45, 2.75) is 5.41 Å². The summed E-state index contributed by atoms with van der Waals surface area (Å²) in [6, 6.07) is 70.4. The van der Waals surface area contributed by atoms with Crippen LogP contribution >= 0.6 is 0 Å². The highest BCUT2D eigenvalue weighted by molar-refractivity contribution is 6.18. The molecule has 0 N–H and O–H groups in total. The summed E-state index contributed by atoms with van der Waals surface area (Å²) in [5, 5.41) is 7.36. The lowest BCUT2D eigenvalue weighted by Crippen LogP contribution is -2.29. The molecule has 0 saturated heterocycles. The molecule has 12 rings (SSSR count). The lowest BCUT2D eigenvalue weighted by Gasteiger charge is -2.34. The van der Waals surface area contributed by atoms with Crippen molar-refractivity contribution in [2.24, 2.45) is 0 Å². The van der Waals surface area contributed by atoms with E-state index in [0.29, 0.717) is 5.82 Å². The van der Waals surface area contributed by atoms with Crippen molar-refractivity contribution in [2.75, 3.05) is 0 Å². The van der Waals surface area contributed by atoms with E-state index in [2.05, 4.69) is 174 Å². The van der Waals surface area contributed by atoms with Crippen molar-refractivity contribution < 1.29 is 0 Å². The summed E-state index contributed by atoms with van der Waals surface area (Å²) in [5.74, 6) is 0.650. The van der Waals surface area contributed by atoms with Gasteiger partial charge < -0.3 is 0 Å². The molecule has 1 aliphatic rings. The van der Waals surface area contributed by atoms with E-state index in [0.717, 1.165) is 33.5 Å². The molecule has 284 valence electrons. The lowest BCUT2D eigenvalue weighted by atomic mass is 9.67. The van der Waals surface area contributed by atoms with Gasteiger partial charge in [-0.15, -0.1) is 0 Å². The molecule has 1 aliphatic carbocycles. The van der Waals surface area contributed by atoms with Gasteiger partial charge in [0.25, 0.3) is 0 Å². The fourth-order valence-electron chi connectivity index (χ4n) is 9.66. The second-order valence-corrected chi connectivity index (χ2v) is 15.9. The van der Waals surface area contributed by atoms with E-state index in [1.54, 1.807) is 12.4 Å². The molecule has 0 aliphatic heterocycles.